The summed E-state index contributed by atoms with van der Waals surface area (Å²) >= 11 is 3.42. The molecule has 0 bridgehead atoms. The lowest BCUT2D eigenvalue weighted by Gasteiger charge is -2.22. The molecule has 0 N–H and O–H groups in total. The van der Waals surface area contributed by atoms with Gasteiger partial charge in [0.15, 0.2) is 0 Å². The first-order valence-electron chi connectivity index (χ1n) is 8.29. The number of rotatable bonds is 8. The van der Waals surface area contributed by atoms with Gasteiger partial charge in [0.25, 0.3) is 0 Å². The van der Waals surface area contributed by atoms with Crippen molar-refractivity contribution in [3.05, 3.63) is 58.8 Å². The van der Waals surface area contributed by atoms with Gasteiger partial charge in [-0.1, -0.05) is 22.0 Å². The molecule has 1 fully saturated rings. The lowest BCUT2D eigenvalue weighted by molar-refractivity contribution is -0.132. The van der Waals surface area contributed by atoms with Crippen molar-refractivity contribution in [1.82, 2.24) is 9.88 Å². The van der Waals surface area contributed by atoms with Gasteiger partial charge in [-0.05, 0) is 55.2 Å². The largest absolute Gasteiger partial charge is 0.494 e. The number of hydrogen-bond acceptors (Lipinski definition) is 3. The molecule has 2 aromatic rings. The van der Waals surface area contributed by atoms with E-state index < -0.39 is 0 Å². The number of aromatic nitrogens is 1. The highest BCUT2D eigenvalue weighted by molar-refractivity contribution is 9.10. The van der Waals surface area contributed by atoms with E-state index >= 15 is 0 Å². The highest BCUT2D eigenvalue weighted by Crippen LogP contribution is 2.29. The molecule has 24 heavy (non-hydrogen) atoms. The smallest absolute Gasteiger partial charge is 0.223 e. The van der Waals surface area contributed by atoms with E-state index in [-0.39, 0.29) is 5.91 Å². The second-order valence-corrected chi connectivity index (χ2v) is 6.93. The first kappa shape index (κ1) is 17.0. The fourth-order valence-corrected chi connectivity index (χ4v) is 2.98. The van der Waals surface area contributed by atoms with E-state index in [1.54, 1.807) is 12.4 Å². The molecule has 0 saturated heterocycles. The number of amides is 1. The summed E-state index contributed by atoms with van der Waals surface area (Å²) in [5.41, 5.74) is 1.13. The van der Waals surface area contributed by atoms with Crippen LogP contribution in [0.2, 0.25) is 0 Å². The van der Waals surface area contributed by atoms with E-state index in [0.29, 0.717) is 25.6 Å². The normalized spacial score (nSPS) is 13.5. The van der Waals surface area contributed by atoms with E-state index in [9.17, 15) is 4.79 Å². The molecule has 1 saturated carbocycles. The van der Waals surface area contributed by atoms with Crippen molar-refractivity contribution in [2.45, 2.75) is 38.3 Å². The molecule has 5 heteroatoms. The number of halogens is 1. The molecule has 126 valence electrons. The second kappa shape index (κ2) is 8.29. The van der Waals surface area contributed by atoms with Crippen LogP contribution in [0.3, 0.4) is 0 Å². The van der Waals surface area contributed by atoms with Crippen LogP contribution in [-0.4, -0.2) is 28.4 Å². The maximum absolute atomic E-state index is 12.5. The molecular weight excluding hydrogens is 368 g/mol. The standard InChI is InChI=1S/C19H21BrN2O2/c20-16-3-1-4-18(13-16)24-12-2-5-19(23)22(17-6-7-17)14-15-8-10-21-11-9-15/h1,3-4,8-11,13,17H,2,5-7,12,14H2. The van der Waals surface area contributed by atoms with E-state index in [2.05, 4.69) is 20.9 Å². The Bertz CT molecular complexity index is 674. The van der Waals surface area contributed by atoms with Crippen molar-refractivity contribution in [2.24, 2.45) is 0 Å². The van der Waals surface area contributed by atoms with Crippen LogP contribution in [0.1, 0.15) is 31.2 Å². The number of benzene rings is 1. The molecule has 3 rings (SSSR count). The Morgan fingerprint density at radius 3 is 2.75 bits per heavy atom. The third-order valence-electron chi connectivity index (χ3n) is 4.01. The Labute approximate surface area is 151 Å². The van der Waals surface area contributed by atoms with Gasteiger partial charge < -0.3 is 9.64 Å². The van der Waals surface area contributed by atoms with Gasteiger partial charge in [0.05, 0.1) is 6.61 Å². The van der Waals surface area contributed by atoms with Crippen LogP contribution < -0.4 is 4.74 Å². The lowest BCUT2D eigenvalue weighted by Crippen LogP contribution is -2.32. The van der Waals surface area contributed by atoms with Gasteiger partial charge in [0, 0.05) is 35.9 Å². The summed E-state index contributed by atoms with van der Waals surface area (Å²) in [7, 11) is 0. The highest BCUT2D eigenvalue weighted by Gasteiger charge is 2.32. The van der Waals surface area contributed by atoms with Gasteiger partial charge in [-0.15, -0.1) is 0 Å². The number of pyridine rings is 1. The Hall–Kier alpha value is -1.88. The zero-order chi connectivity index (χ0) is 16.8. The fraction of sp³-hybridized carbons (Fsp3) is 0.368. The molecular formula is C19H21BrN2O2. The predicted octanol–water partition coefficient (Wildman–Crippen LogP) is 4.19. The zero-order valence-corrected chi connectivity index (χ0v) is 15.1. The summed E-state index contributed by atoms with van der Waals surface area (Å²) in [5.74, 6) is 1.04. The van der Waals surface area contributed by atoms with Gasteiger partial charge in [0.1, 0.15) is 5.75 Å². The molecule has 1 aromatic heterocycles. The van der Waals surface area contributed by atoms with Crippen LogP contribution in [-0.2, 0) is 11.3 Å². The second-order valence-electron chi connectivity index (χ2n) is 6.02. The number of nitrogens with zero attached hydrogens (tertiary/aromatic N) is 2. The monoisotopic (exact) mass is 388 g/mol. The van der Waals surface area contributed by atoms with Crippen molar-refractivity contribution in [3.63, 3.8) is 0 Å². The maximum atomic E-state index is 12.5. The summed E-state index contributed by atoms with van der Waals surface area (Å²) in [5, 5.41) is 0. The average molecular weight is 389 g/mol. The van der Waals surface area contributed by atoms with Crippen LogP contribution in [0.25, 0.3) is 0 Å². The van der Waals surface area contributed by atoms with E-state index in [4.69, 9.17) is 4.74 Å². The lowest BCUT2D eigenvalue weighted by atomic mass is 10.2. The SMILES string of the molecule is O=C(CCCOc1cccc(Br)c1)N(Cc1ccncc1)C1CC1. The van der Waals surface area contributed by atoms with Crippen LogP contribution in [0.15, 0.2) is 53.3 Å². The van der Waals surface area contributed by atoms with Crippen LogP contribution >= 0.6 is 15.9 Å². The minimum atomic E-state index is 0.215. The molecule has 0 radical (unpaired) electrons. The topological polar surface area (TPSA) is 42.4 Å². The quantitative estimate of drug-likeness (QED) is 0.636. The molecule has 1 aliphatic carbocycles. The van der Waals surface area contributed by atoms with Gasteiger partial charge in [-0.25, -0.2) is 0 Å². The minimum Gasteiger partial charge on any atom is -0.494 e. The average Bonchev–Trinajstić information content (AvgIpc) is 3.42. The van der Waals surface area contributed by atoms with Gasteiger partial charge in [0.2, 0.25) is 5.91 Å². The fourth-order valence-electron chi connectivity index (χ4n) is 2.61. The Balaban J connectivity index is 1.46. The molecule has 0 atom stereocenters. The van der Waals surface area contributed by atoms with Gasteiger partial charge >= 0.3 is 0 Å². The Kier molecular flexibility index (Phi) is 5.86. The Morgan fingerprint density at radius 1 is 1.25 bits per heavy atom. The number of carbonyl (C=O) groups excluding carboxylic acids is 1. The van der Waals surface area contributed by atoms with E-state index in [1.807, 2.05) is 41.3 Å². The number of hydrogen-bond donors (Lipinski definition) is 0. The van der Waals surface area contributed by atoms with Crippen LogP contribution in [0, 0.1) is 0 Å². The van der Waals surface area contributed by atoms with Crippen LogP contribution in [0.4, 0.5) is 0 Å². The molecule has 4 nitrogen and oxygen atoms in total. The van der Waals surface area contributed by atoms with Crippen molar-refractivity contribution in [1.29, 1.82) is 0 Å². The van der Waals surface area contributed by atoms with E-state index in [1.165, 1.54) is 0 Å². The summed E-state index contributed by atoms with van der Waals surface area (Å²) in [6.45, 7) is 1.23. The summed E-state index contributed by atoms with van der Waals surface area (Å²) in [6, 6.07) is 12.1. The molecule has 1 heterocycles. The van der Waals surface area contributed by atoms with Crippen LogP contribution in [0.5, 0.6) is 5.75 Å². The summed E-state index contributed by atoms with van der Waals surface area (Å²) < 4.78 is 6.70. The van der Waals surface area contributed by atoms with Crippen molar-refractivity contribution in [3.8, 4) is 5.75 Å². The minimum absolute atomic E-state index is 0.215. The molecule has 1 aromatic carbocycles. The van der Waals surface area contributed by atoms with E-state index in [0.717, 1.165) is 35.0 Å². The van der Waals surface area contributed by atoms with Crippen molar-refractivity contribution in [2.75, 3.05) is 6.61 Å². The molecule has 1 aliphatic rings. The third-order valence-corrected chi connectivity index (χ3v) is 4.50. The van der Waals surface area contributed by atoms with Crippen molar-refractivity contribution >= 4 is 21.8 Å². The number of ether oxygens (including phenoxy) is 1. The van der Waals surface area contributed by atoms with Crippen molar-refractivity contribution < 1.29 is 9.53 Å². The molecule has 0 unspecified atom stereocenters. The first-order chi connectivity index (χ1) is 11.7. The summed E-state index contributed by atoms with van der Waals surface area (Å²) in [4.78, 5) is 18.6. The highest BCUT2D eigenvalue weighted by atomic mass is 79.9. The predicted molar refractivity (Wildman–Crippen MR) is 96.7 cm³/mol. The van der Waals surface area contributed by atoms with Gasteiger partial charge in [-0.2, -0.15) is 0 Å². The summed E-state index contributed by atoms with van der Waals surface area (Å²) in [6.07, 6.45) is 7.03. The first-order valence-corrected chi connectivity index (χ1v) is 9.08. The third kappa shape index (κ3) is 5.06. The maximum Gasteiger partial charge on any atom is 0.223 e. The molecule has 0 spiro atoms. The number of carbonyl (C=O) groups is 1. The van der Waals surface area contributed by atoms with Gasteiger partial charge in [-0.3, -0.25) is 9.78 Å². The zero-order valence-electron chi connectivity index (χ0n) is 13.5. The Morgan fingerprint density at radius 2 is 2.04 bits per heavy atom. The molecule has 1 amide bonds. The molecule has 0 aliphatic heterocycles.